The van der Waals surface area contributed by atoms with Crippen molar-refractivity contribution in [2.45, 2.75) is 20.4 Å². The zero-order chi connectivity index (χ0) is 19.4. The first-order valence-corrected chi connectivity index (χ1v) is 8.96. The second kappa shape index (κ2) is 8.40. The van der Waals surface area contributed by atoms with Crippen LogP contribution in [0.1, 0.15) is 39.0 Å². The number of halogens is 2. The Hall–Kier alpha value is -2.28. The SMILES string of the molecule is CCN(Cc1cc(Br)ccc1F)C(=O)c1ccc(C(=O)N(C)C)nc1C. The van der Waals surface area contributed by atoms with Crippen molar-refractivity contribution < 1.29 is 14.0 Å². The molecule has 1 aromatic carbocycles. The molecule has 138 valence electrons. The van der Waals surface area contributed by atoms with Crippen molar-refractivity contribution in [3.63, 3.8) is 0 Å². The number of pyridine rings is 1. The van der Waals surface area contributed by atoms with Gasteiger partial charge in [0.2, 0.25) is 0 Å². The van der Waals surface area contributed by atoms with Crippen LogP contribution in [0.15, 0.2) is 34.8 Å². The molecule has 5 nitrogen and oxygen atoms in total. The molecular weight excluding hydrogens is 401 g/mol. The number of carbonyl (C=O) groups excluding carboxylic acids is 2. The number of hydrogen-bond acceptors (Lipinski definition) is 3. The Labute approximate surface area is 161 Å². The van der Waals surface area contributed by atoms with E-state index in [1.807, 2.05) is 6.92 Å². The third-order valence-electron chi connectivity index (χ3n) is 3.98. The van der Waals surface area contributed by atoms with Gasteiger partial charge in [-0.3, -0.25) is 9.59 Å². The van der Waals surface area contributed by atoms with E-state index in [1.54, 1.807) is 44.1 Å². The van der Waals surface area contributed by atoms with Gasteiger partial charge in [0.15, 0.2) is 0 Å². The first-order chi connectivity index (χ1) is 12.2. The zero-order valence-electron chi connectivity index (χ0n) is 15.2. The Balaban J connectivity index is 2.28. The normalized spacial score (nSPS) is 10.5. The highest BCUT2D eigenvalue weighted by Gasteiger charge is 2.20. The van der Waals surface area contributed by atoms with E-state index in [0.717, 1.165) is 4.47 Å². The molecule has 2 aromatic rings. The predicted molar refractivity (Wildman–Crippen MR) is 102 cm³/mol. The third kappa shape index (κ3) is 4.46. The Kier molecular flexibility index (Phi) is 6.47. The van der Waals surface area contributed by atoms with Crippen LogP contribution >= 0.6 is 15.9 Å². The molecule has 0 saturated carbocycles. The van der Waals surface area contributed by atoms with E-state index < -0.39 is 0 Å². The van der Waals surface area contributed by atoms with E-state index in [4.69, 9.17) is 0 Å². The van der Waals surface area contributed by atoms with E-state index in [9.17, 15) is 14.0 Å². The van der Waals surface area contributed by atoms with Gasteiger partial charge in [-0.2, -0.15) is 0 Å². The van der Waals surface area contributed by atoms with Gasteiger partial charge in [0.1, 0.15) is 11.5 Å². The molecule has 0 aliphatic rings. The van der Waals surface area contributed by atoms with Crippen LogP contribution in [0.25, 0.3) is 0 Å². The van der Waals surface area contributed by atoms with E-state index in [2.05, 4.69) is 20.9 Å². The lowest BCUT2D eigenvalue weighted by atomic mass is 10.1. The molecule has 0 atom stereocenters. The fourth-order valence-electron chi connectivity index (χ4n) is 2.50. The average Bonchev–Trinajstić information content (AvgIpc) is 2.61. The summed E-state index contributed by atoms with van der Waals surface area (Å²) in [5.74, 6) is -0.836. The van der Waals surface area contributed by atoms with Gasteiger partial charge in [0.05, 0.1) is 11.3 Å². The summed E-state index contributed by atoms with van der Waals surface area (Å²) >= 11 is 3.32. The molecule has 0 spiro atoms. The molecule has 1 aromatic heterocycles. The highest BCUT2D eigenvalue weighted by Crippen LogP contribution is 2.19. The van der Waals surface area contributed by atoms with Gasteiger partial charge in [-0.25, -0.2) is 9.37 Å². The largest absolute Gasteiger partial charge is 0.343 e. The van der Waals surface area contributed by atoms with Crippen molar-refractivity contribution in [1.29, 1.82) is 0 Å². The summed E-state index contributed by atoms with van der Waals surface area (Å²) in [6.45, 7) is 4.09. The van der Waals surface area contributed by atoms with Crippen molar-refractivity contribution in [3.05, 3.63) is 63.1 Å². The summed E-state index contributed by atoms with van der Waals surface area (Å²) in [6.07, 6.45) is 0. The number of aryl methyl sites for hydroxylation is 1. The van der Waals surface area contributed by atoms with Crippen LogP contribution in [-0.4, -0.2) is 47.2 Å². The molecule has 2 rings (SSSR count). The zero-order valence-corrected chi connectivity index (χ0v) is 16.8. The molecule has 0 aliphatic carbocycles. The van der Waals surface area contributed by atoms with Crippen LogP contribution in [0, 0.1) is 12.7 Å². The van der Waals surface area contributed by atoms with Gasteiger partial charge in [-0.05, 0) is 44.2 Å². The Morgan fingerprint density at radius 2 is 1.85 bits per heavy atom. The van der Waals surface area contributed by atoms with Gasteiger partial charge >= 0.3 is 0 Å². The maximum atomic E-state index is 14.0. The predicted octanol–water partition coefficient (Wildman–Crippen LogP) is 3.66. The molecule has 0 unspecified atom stereocenters. The van der Waals surface area contributed by atoms with Gasteiger partial charge < -0.3 is 9.80 Å². The summed E-state index contributed by atoms with van der Waals surface area (Å²) < 4.78 is 14.8. The van der Waals surface area contributed by atoms with Gasteiger partial charge in [-0.15, -0.1) is 0 Å². The fraction of sp³-hybridized carbons (Fsp3) is 0.316. The molecule has 26 heavy (non-hydrogen) atoms. The highest BCUT2D eigenvalue weighted by molar-refractivity contribution is 9.10. The summed E-state index contributed by atoms with van der Waals surface area (Å²) in [5, 5.41) is 0. The second-order valence-electron chi connectivity index (χ2n) is 6.08. The van der Waals surface area contributed by atoms with Gasteiger partial charge in [-0.1, -0.05) is 15.9 Å². The van der Waals surface area contributed by atoms with Crippen LogP contribution < -0.4 is 0 Å². The lowest BCUT2D eigenvalue weighted by Gasteiger charge is -2.22. The second-order valence-corrected chi connectivity index (χ2v) is 7.00. The van der Waals surface area contributed by atoms with Crippen LogP contribution in [0.4, 0.5) is 4.39 Å². The highest BCUT2D eigenvalue weighted by atomic mass is 79.9. The van der Waals surface area contributed by atoms with Crippen molar-refractivity contribution in [1.82, 2.24) is 14.8 Å². The summed E-state index contributed by atoms with van der Waals surface area (Å²) in [4.78, 5) is 32.1. The van der Waals surface area contributed by atoms with Crippen molar-refractivity contribution in [2.75, 3.05) is 20.6 Å². The van der Waals surface area contributed by atoms with Gasteiger partial charge in [0, 0.05) is 37.2 Å². The standard InChI is InChI=1S/C19H21BrFN3O2/c1-5-24(11-13-10-14(20)6-8-16(13)21)18(25)15-7-9-17(22-12(15)2)19(26)23(3)4/h6-10H,5,11H2,1-4H3. The van der Waals surface area contributed by atoms with Crippen molar-refractivity contribution in [3.8, 4) is 0 Å². The monoisotopic (exact) mass is 421 g/mol. The number of benzene rings is 1. The fourth-order valence-corrected chi connectivity index (χ4v) is 2.91. The summed E-state index contributed by atoms with van der Waals surface area (Å²) in [5.41, 5.74) is 1.58. The molecule has 0 aliphatic heterocycles. The molecular formula is C19H21BrFN3O2. The quantitative estimate of drug-likeness (QED) is 0.739. The number of amides is 2. The summed E-state index contributed by atoms with van der Waals surface area (Å²) in [7, 11) is 3.29. The molecule has 1 heterocycles. The van der Waals surface area contributed by atoms with E-state index in [1.165, 1.54) is 17.0 Å². The van der Waals surface area contributed by atoms with Crippen LogP contribution in [0.5, 0.6) is 0 Å². The van der Waals surface area contributed by atoms with Crippen molar-refractivity contribution >= 4 is 27.7 Å². The first kappa shape index (κ1) is 20.0. The minimum Gasteiger partial charge on any atom is -0.343 e. The Bertz CT molecular complexity index is 840. The molecule has 7 heteroatoms. The number of aromatic nitrogens is 1. The number of carbonyl (C=O) groups is 2. The van der Waals surface area contributed by atoms with Crippen molar-refractivity contribution in [2.24, 2.45) is 0 Å². The lowest BCUT2D eigenvalue weighted by molar-refractivity contribution is 0.0747. The minimum absolute atomic E-state index is 0.151. The number of rotatable bonds is 5. The lowest BCUT2D eigenvalue weighted by Crippen LogP contribution is -2.31. The average molecular weight is 422 g/mol. The topological polar surface area (TPSA) is 53.5 Å². The maximum absolute atomic E-state index is 14.0. The minimum atomic E-state index is -0.360. The van der Waals surface area contributed by atoms with Crippen LogP contribution in [-0.2, 0) is 6.54 Å². The van der Waals surface area contributed by atoms with E-state index in [-0.39, 0.29) is 29.9 Å². The Morgan fingerprint density at radius 1 is 1.15 bits per heavy atom. The molecule has 0 radical (unpaired) electrons. The molecule has 0 bridgehead atoms. The third-order valence-corrected chi connectivity index (χ3v) is 4.47. The van der Waals surface area contributed by atoms with Crippen LogP contribution in [0.2, 0.25) is 0 Å². The molecule has 2 amide bonds. The first-order valence-electron chi connectivity index (χ1n) is 8.17. The number of nitrogens with zero attached hydrogens (tertiary/aromatic N) is 3. The molecule has 0 N–H and O–H groups in total. The number of hydrogen-bond donors (Lipinski definition) is 0. The Morgan fingerprint density at radius 3 is 2.42 bits per heavy atom. The van der Waals surface area contributed by atoms with E-state index >= 15 is 0 Å². The smallest absolute Gasteiger partial charge is 0.271 e. The van der Waals surface area contributed by atoms with Crippen LogP contribution in [0.3, 0.4) is 0 Å². The van der Waals surface area contributed by atoms with E-state index in [0.29, 0.717) is 23.4 Å². The molecule has 0 saturated heterocycles. The summed E-state index contributed by atoms with van der Waals surface area (Å²) in [6, 6.07) is 7.78. The van der Waals surface area contributed by atoms with Gasteiger partial charge in [0.25, 0.3) is 11.8 Å². The molecule has 0 fully saturated rings. The maximum Gasteiger partial charge on any atom is 0.271 e.